The van der Waals surface area contributed by atoms with Crippen LogP contribution < -0.4 is 15.8 Å². The Morgan fingerprint density at radius 2 is 1.97 bits per heavy atom. The minimum absolute atomic E-state index is 0.132. The first-order valence-corrected chi connectivity index (χ1v) is 8.29. The number of benzene rings is 2. The number of nitriles is 1. The summed E-state index contributed by atoms with van der Waals surface area (Å²) in [7, 11) is 0. The van der Waals surface area contributed by atoms with Crippen molar-refractivity contribution < 1.29 is 27.5 Å². The van der Waals surface area contributed by atoms with Crippen molar-refractivity contribution in [3.63, 3.8) is 0 Å². The first kappa shape index (κ1) is 21.8. The quantitative estimate of drug-likeness (QED) is 0.545. The summed E-state index contributed by atoms with van der Waals surface area (Å²) in [5.41, 5.74) is 3.72. The first-order valence-electron chi connectivity index (χ1n) is 7.91. The van der Waals surface area contributed by atoms with Crippen LogP contribution in [0.1, 0.15) is 11.1 Å². The molecule has 0 saturated carbocycles. The van der Waals surface area contributed by atoms with Gasteiger partial charge in [-0.3, -0.25) is 9.59 Å². The van der Waals surface area contributed by atoms with E-state index in [-0.39, 0.29) is 22.0 Å². The fourth-order valence-electron chi connectivity index (χ4n) is 2.19. The van der Waals surface area contributed by atoms with Crippen LogP contribution in [0.2, 0.25) is 5.02 Å². The number of halogens is 4. The Kier molecular flexibility index (Phi) is 6.85. The second kappa shape index (κ2) is 9.12. The molecule has 0 aliphatic rings. The van der Waals surface area contributed by atoms with Crippen LogP contribution in [0.15, 0.2) is 48.0 Å². The van der Waals surface area contributed by atoms with Crippen LogP contribution in [0.5, 0.6) is 5.75 Å². The zero-order chi connectivity index (χ0) is 21.6. The minimum Gasteiger partial charge on any atom is -0.483 e. The van der Waals surface area contributed by atoms with E-state index < -0.39 is 35.7 Å². The predicted molar refractivity (Wildman–Crippen MR) is 99.8 cm³/mol. The maximum Gasteiger partial charge on any atom is 0.416 e. The van der Waals surface area contributed by atoms with Crippen molar-refractivity contribution in [3.05, 3.63) is 64.2 Å². The van der Waals surface area contributed by atoms with Crippen LogP contribution in [0.3, 0.4) is 0 Å². The molecule has 0 spiro atoms. The Hall–Kier alpha value is -3.51. The zero-order valence-corrected chi connectivity index (χ0v) is 15.3. The number of primary amides is 1. The molecule has 0 radical (unpaired) electrons. The number of rotatable bonds is 6. The van der Waals surface area contributed by atoms with E-state index in [4.69, 9.17) is 22.1 Å². The molecule has 10 heteroatoms. The van der Waals surface area contributed by atoms with E-state index >= 15 is 0 Å². The monoisotopic (exact) mass is 423 g/mol. The van der Waals surface area contributed by atoms with Crippen LogP contribution >= 0.6 is 11.6 Å². The summed E-state index contributed by atoms with van der Waals surface area (Å²) in [6.07, 6.45) is -3.45. The molecular weight excluding hydrogens is 411 g/mol. The van der Waals surface area contributed by atoms with Crippen molar-refractivity contribution in [3.8, 4) is 11.8 Å². The van der Waals surface area contributed by atoms with Gasteiger partial charge in [0, 0.05) is 16.3 Å². The maximum absolute atomic E-state index is 12.8. The molecular formula is C19H13ClF3N3O3. The van der Waals surface area contributed by atoms with Crippen LogP contribution in [0.25, 0.3) is 6.08 Å². The summed E-state index contributed by atoms with van der Waals surface area (Å²) in [5.74, 6) is -1.54. The lowest BCUT2D eigenvalue weighted by Crippen LogP contribution is -2.20. The van der Waals surface area contributed by atoms with Crippen LogP contribution in [0.4, 0.5) is 18.9 Å². The number of nitrogens with one attached hydrogen (secondary N) is 1. The summed E-state index contributed by atoms with van der Waals surface area (Å²) < 4.78 is 43.6. The van der Waals surface area contributed by atoms with Crippen LogP contribution in [-0.2, 0) is 15.8 Å². The van der Waals surface area contributed by atoms with Gasteiger partial charge in [0.15, 0.2) is 6.61 Å². The molecule has 2 aromatic rings. The highest BCUT2D eigenvalue weighted by atomic mass is 35.5. The molecule has 0 unspecified atom stereocenters. The molecule has 0 heterocycles. The van der Waals surface area contributed by atoms with Crippen LogP contribution in [0, 0.1) is 11.3 Å². The number of hydrogen-bond donors (Lipinski definition) is 2. The van der Waals surface area contributed by atoms with Gasteiger partial charge in [0.25, 0.3) is 11.8 Å². The first-order chi connectivity index (χ1) is 13.6. The van der Waals surface area contributed by atoms with Crippen molar-refractivity contribution in [2.45, 2.75) is 6.18 Å². The van der Waals surface area contributed by atoms with Gasteiger partial charge in [0.1, 0.15) is 17.4 Å². The number of hydrogen-bond acceptors (Lipinski definition) is 4. The average Bonchev–Trinajstić information content (AvgIpc) is 2.64. The highest BCUT2D eigenvalue weighted by Crippen LogP contribution is 2.31. The fourth-order valence-corrected chi connectivity index (χ4v) is 2.37. The summed E-state index contributed by atoms with van der Waals surface area (Å²) >= 11 is 5.91. The second-order valence-electron chi connectivity index (χ2n) is 5.64. The van der Waals surface area contributed by atoms with E-state index in [0.717, 1.165) is 24.3 Å². The molecule has 0 bridgehead atoms. The summed E-state index contributed by atoms with van der Waals surface area (Å²) in [4.78, 5) is 23.2. The molecule has 0 aliphatic carbocycles. The summed E-state index contributed by atoms with van der Waals surface area (Å²) in [6.45, 7) is -0.444. The van der Waals surface area contributed by atoms with Gasteiger partial charge in [-0.05, 0) is 42.5 Å². The molecule has 150 valence electrons. The molecule has 2 amide bonds. The lowest BCUT2D eigenvalue weighted by Gasteiger charge is -2.10. The molecule has 2 aromatic carbocycles. The van der Waals surface area contributed by atoms with E-state index in [0.29, 0.717) is 0 Å². The van der Waals surface area contributed by atoms with Gasteiger partial charge in [-0.2, -0.15) is 18.4 Å². The fraction of sp³-hybridized carbons (Fsp3) is 0.105. The standard InChI is InChI=1S/C19H13ClF3N3O3/c20-14-4-5-16(29-10-17(25)27)11(7-14)6-12(9-24)18(28)26-15-3-1-2-13(8-15)19(21,22)23/h1-8H,10H2,(H2,25,27)(H,26,28)/b12-6+. The van der Waals surface area contributed by atoms with Crippen LogP contribution in [-0.4, -0.2) is 18.4 Å². The molecule has 0 atom stereocenters. The Labute approximate surface area is 168 Å². The molecule has 0 fully saturated rings. The third kappa shape index (κ3) is 6.26. The maximum atomic E-state index is 12.8. The van der Waals surface area contributed by atoms with E-state index in [1.807, 2.05) is 0 Å². The number of nitrogens with zero attached hydrogens (tertiary/aromatic N) is 1. The second-order valence-corrected chi connectivity index (χ2v) is 6.08. The van der Waals surface area contributed by atoms with Crippen molar-refractivity contribution >= 4 is 35.2 Å². The van der Waals surface area contributed by atoms with Crippen molar-refractivity contribution in [1.82, 2.24) is 0 Å². The average molecular weight is 424 g/mol. The lowest BCUT2D eigenvalue weighted by molar-refractivity contribution is -0.137. The molecule has 29 heavy (non-hydrogen) atoms. The van der Waals surface area contributed by atoms with E-state index in [9.17, 15) is 28.0 Å². The molecule has 0 aliphatic heterocycles. The van der Waals surface area contributed by atoms with Gasteiger partial charge in [0.05, 0.1) is 5.56 Å². The largest absolute Gasteiger partial charge is 0.483 e. The number of nitrogens with two attached hydrogens (primary N) is 1. The van der Waals surface area contributed by atoms with Gasteiger partial charge in [-0.15, -0.1) is 0 Å². The van der Waals surface area contributed by atoms with Crippen molar-refractivity contribution in [2.24, 2.45) is 5.73 Å². The van der Waals surface area contributed by atoms with Gasteiger partial charge in [0.2, 0.25) is 0 Å². The molecule has 0 saturated heterocycles. The number of anilines is 1. The minimum atomic E-state index is -4.58. The topological polar surface area (TPSA) is 105 Å². The normalized spacial score (nSPS) is 11.5. The van der Waals surface area contributed by atoms with Crippen molar-refractivity contribution in [2.75, 3.05) is 11.9 Å². The van der Waals surface area contributed by atoms with E-state index in [1.54, 1.807) is 6.07 Å². The van der Waals surface area contributed by atoms with Gasteiger partial charge >= 0.3 is 6.18 Å². The van der Waals surface area contributed by atoms with E-state index in [1.165, 1.54) is 24.3 Å². The lowest BCUT2D eigenvalue weighted by atomic mass is 10.1. The smallest absolute Gasteiger partial charge is 0.416 e. The molecule has 0 aromatic heterocycles. The number of carbonyl (C=O) groups is 2. The Morgan fingerprint density at radius 3 is 2.59 bits per heavy atom. The Bertz CT molecular complexity index is 1010. The van der Waals surface area contributed by atoms with Gasteiger partial charge < -0.3 is 15.8 Å². The Morgan fingerprint density at radius 1 is 1.24 bits per heavy atom. The summed E-state index contributed by atoms with van der Waals surface area (Å²) in [6, 6.07) is 9.90. The van der Waals surface area contributed by atoms with Crippen molar-refractivity contribution in [1.29, 1.82) is 5.26 Å². The predicted octanol–water partition coefficient (Wildman–Crippen LogP) is 3.77. The number of ether oxygens (including phenoxy) is 1. The Balaban J connectivity index is 2.31. The summed E-state index contributed by atoms with van der Waals surface area (Å²) in [5, 5.41) is 11.8. The van der Waals surface area contributed by atoms with E-state index in [2.05, 4.69) is 5.32 Å². The molecule has 6 nitrogen and oxygen atoms in total. The zero-order valence-electron chi connectivity index (χ0n) is 14.6. The SMILES string of the molecule is N#C/C(=C\c1cc(Cl)ccc1OCC(N)=O)C(=O)Nc1cccc(C(F)(F)F)c1. The number of amides is 2. The highest BCUT2D eigenvalue weighted by molar-refractivity contribution is 6.30. The van der Waals surface area contributed by atoms with Gasteiger partial charge in [-0.25, -0.2) is 0 Å². The highest BCUT2D eigenvalue weighted by Gasteiger charge is 2.30. The molecule has 3 N–H and O–H groups in total. The van der Waals surface area contributed by atoms with Gasteiger partial charge in [-0.1, -0.05) is 17.7 Å². The number of alkyl halides is 3. The number of carbonyl (C=O) groups excluding carboxylic acids is 2. The third-order valence-electron chi connectivity index (χ3n) is 3.45. The third-order valence-corrected chi connectivity index (χ3v) is 3.69. The molecule has 2 rings (SSSR count).